The first kappa shape index (κ1) is 18.7. The Morgan fingerprint density at radius 1 is 1.07 bits per heavy atom. The van der Waals surface area contributed by atoms with Crippen molar-refractivity contribution in [2.75, 3.05) is 18.8 Å². The Labute approximate surface area is 168 Å². The third-order valence-electron chi connectivity index (χ3n) is 5.28. The van der Waals surface area contributed by atoms with E-state index >= 15 is 0 Å². The molecule has 0 unspecified atom stereocenters. The standard InChI is InChI=1S/C22H23N3O2S/c1-15-9-10-17(13-16(15)2)25-21(27)18-7-3-4-8-19(18)23-22(25)28-14-20(26)24-11-5-6-12-24/h3-4,7-10,13H,5-6,11-12,14H2,1-2H3. The van der Waals surface area contributed by atoms with Gasteiger partial charge in [-0.2, -0.15) is 0 Å². The normalized spacial score (nSPS) is 14.0. The fourth-order valence-electron chi connectivity index (χ4n) is 3.49. The van der Waals surface area contributed by atoms with Crippen molar-refractivity contribution in [2.45, 2.75) is 31.8 Å². The van der Waals surface area contributed by atoms with Crippen LogP contribution in [-0.4, -0.2) is 39.2 Å². The molecular formula is C22H23N3O2S. The summed E-state index contributed by atoms with van der Waals surface area (Å²) in [5.74, 6) is 0.395. The lowest BCUT2D eigenvalue weighted by Gasteiger charge is -2.17. The summed E-state index contributed by atoms with van der Waals surface area (Å²) >= 11 is 1.34. The van der Waals surface area contributed by atoms with Gasteiger partial charge in [-0.05, 0) is 62.1 Å². The first-order chi connectivity index (χ1) is 13.5. The second kappa shape index (κ2) is 7.80. The summed E-state index contributed by atoms with van der Waals surface area (Å²) in [4.78, 5) is 32.4. The van der Waals surface area contributed by atoms with Crippen LogP contribution < -0.4 is 5.56 Å². The number of hydrogen-bond acceptors (Lipinski definition) is 4. The van der Waals surface area contributed by atoms with Gasteiger partial charge in [0.05, 0.1) is 22.3 Å². The van der Waals surface area contributed by atoms with E-state index in [1.165, 1.54) is 17.3 Å². The summed E-state index contributed by atoms with van der Waals surface area (Å²) in [6.45, 7) is 5.73. The molecule has 144 valence electrons. The number of fused-ring (bicyclic) bond motifs is 1. The highest BCUT2D eigenvalue weighted by Gasteiger charge is 2.20. The second-order valence-corrected chi connectivity index (χ2v) is 8.14. The molecule has 1 amide bonds. The number of benzene rings is 2. The quantitative estimate of drug-likeness (QED) is 0.501. The lowest BCUT2D eigenvalue weighted by Crippen LogP contribution is -2.29. The number of thioether (sulfide) groups is 1. The number of carbonyl (C=O) groups is 1. The van der Waals surface area contributed by atoms with Gasteiger partial charge >= 0.3 is 0 Å². The van der Waals surface area contributed by atoms with Gasteiger partial charge in [0.1, 0.15) is 0 Å². The summed E-state index contributed by atoms with van der Waals surface area (Å²) < 4.78 is 1.64. The third kappa shape index (κ3) is 3.56. The highest BCUT2D eigenvalue weighted by Crippen LogP contribution is 2.23. The molecule has 28 heavy (non-hydrogen) atoms. The average molecular weight is 394 g/mol. The first-order valence-corrected chi connectivity index (χ1v) is 10.5. The third-order valence-corrected chi connectivity index (χ3v) is 6.20. The van der Waals surface area contributed by atoms with Crippen molar-refractivity contribution in [3.05, 3.63) is 63.9 Å². The number of likely N-dealkylation sites (tertiary alicyclic amines) is 1. The molecule has 5 nitrogen and oxygen atoms in total. The summed E-state index contributed by atoms with van der Waals surface area (Å²) in [5, 5.41) is 1.13. The monoisotopic (exact) mass is 393 g/mol. The minimum atomic E-state index is -0.107. The molecule has 0 spiro atoms. The molecule has 3 aromatic rings. The summed E-state index contributed by atoms with van der Waals surface area (Å²) in [6.07, 6.45) is 2.13. The van der Waals surface area contributed by atoms with Gasteiger partial charge in [-0.25, -0.2) is 4.98 Å². The molecule has 0 N–H and O–H groups in total. The Kier molecular flexibility index (Phi) is 5.22. The topological polar surface area (TPSA) is 55.2 Å². The maximum atomic E-state index is 13.3. The molecule has 0 bridgehead atoms. The van der Waals surface area contributed by atoms with Gasteiger partial charge in [-0.1, -0.05) is 30.0 Å². The molecule has 0 aliphatic carbocycles. The molecule has 2 aromatic carbocycles. The number of hydrogen-bond donors (Lipinski definition) is 0. The van der Waals surface area contributed by atoms with E-state index in [-0.39, 0.29) is 17.2 Å². The smallest absolute Gasteiger partial charge is 0.266 e. The van der Waals surface area contributed by atoms with E-state index in [9.17, 15) is 9.59 Å². The predicted molar refractivity (Wildman–Crippen MR) is 113 cm³/mol. The van der Waals surface area contributed by atoms with E-state index in [2.05, 4.69) is 0 Å². The average Bonchev–Trinajstić information content (AvgIpc) is 3.23. The zero-order valence-corrected chi connectivity index (χ0v) is 17.0. The molecule has 0 radical (unpaired) electrons. The number of aromatic nitrogens is 2. The number of carbonyl (C=O) groups excluding carboxylic acids is 1. The molecule has 1 aliphatic heterocycles. The zero-order chi connectivity index (χ0) is 19.7. The minimum absolute atomic E-state index is 0.107. The van der Waals surface area contributed by atoms with Crippen LogP contribution in [0.1, 0.15) is 24.0 Å². The van der Waals surface area contributed by atoms with Gasteiger partial charge in [-0.15, -0.1) is 0 Å². The van der Waals surface area contributed by atoms with Gasteiger partial charge in [-0.3, -0.25) is 14.2 Å². The van der Waals surface area contributed by atoms with Gasteiger partial charge in [0.25, 0.3) is 5.56 Å². The maximum Gasteiger partial charge on any atom is 0.266 e. The van der Waals surface area contributed by atoms with Crippen LogP contribution in [-0.2, 0) is 4.79 Å². The van der Waals surface area contributed by atoms with Crippen LogP contribution in [0.4, 0.5) is 0 Å². The maximum absolute atomic E-state index is 13.3. The lowest BCUT2D eigenvalue weighted by atomic mass is 10.1. The van der Waals surface area contributed by atoms with Crippen LogP contribution in [0.5, 0.6) is 0 Å². The van der Waals surface area contributed by atoms with Crippen molar-refractivity contribution in [3.63, 3.8) is 0 Å². The number of aryl methyl sites for hydroxylation is 2. The SMILES string of the molecule is Cc1ccc(-n2c(SCC(=O)N3CCCC3)nc3ccccc3c2=O)cc1C. The Balaban J connectivity index is 1.77. The van der Waals surface area contributed by atoms with E-state index in [1.54, 1.807) is 10.6 Å². The zero-order valence-electron chi connectivity index (χ0n) is 16.1. The highest BCUT2D eigenvalue weighted by molar-refractivity contribution is 7.99. The Hall–Kier alpha value is -2.60. The van der Waals surface area contributed by atoms with Crippen molar-refractivity contribution in [3.8, 4) is 5.69 Å². The van der Waals surface area contributed by atoms with Crippen LogP contribution in [0, 0.1) is 13.8 Å². The molecule has 1 aromatic heterocycles. The molecular weight excluding hydrogens is 370 g/mol. The van der Waals surface area contributed by atoms with Gasteiger partial charge < -0.3 is 4.90 Å². The van der Waals surface area contributed by atoms with Crippen LogP contribution in [0.3, 0.4) is 0 Å². The van der Waals surface area contributed by atoms with E-state index in [0.29, 0.717) is 16.1 Å². The molecule has 0 atom stereocenters. The van der Waals surface area contributed by atoms with Crippen LogP contribution >= 0.6 is 11.8 Å². The van der Waals surface area contributed by atoms with E-state index in [0.717, 1.165) is 37.2 Å². The molecule has 1 aliphatic rings. The van der Waals surface area contributed by atoms with E-state index < -0.39 is 0 Å². The van der Waals surface area contributed by atoms with Crippen molar-refractivity contribution in [1.82, 2.24) is 14.5 Å². The fraction of sp³-hybridized carbons (Fsp3) is 0.318. The van der Waals surface area contributed by atoms with Crippen LogP contribution in [0.2, 0.25) is 0 Å². The number of para-hydroxylation sites is 1. The lowest BCUT2D eigenvalue weighted by molar-refractivity contribution is -0.127. The molecule has 4 rings (SSSR count). The van der Waals surface area contributed by atoms with Crippen molar-refractivity contribution < 1.29 is 4.79 Å². The predicted octanol–water partition coefficient (Wildman–Crippen LogP) is 3.72. The number of rotatable bonds is 4. The van der Waals surface area contributed by atoms with Gasteiger partial charge in [0, 0.05) is 13.1 Å². The Bertz CT molecular complexity index is 1100. The molecule has 1 saturated heterocycles. The van der Waals surface area contributed by atoms with E-state index in [4.69, 9.17) is 4.98 Å². The summed E-state index contributed by atoms with van der Waals surface area (Å²) in [7, 11) is 0. The number of nitrogens with zero attached hydrogens (tertiary/aromatic N) is 3. The van der Waals surface area contributed by atoms with Crippen molar-refractivity contribution in [2.24, 2.45) is 0 Å². The van der Waals surface area contributed by atoms with Crippen molar-refractivity contribution >= 4 is 28.6 Å². The van der Waals surface area contributed by atoms with Crippen molar-refractivity contribution in [1.29, 1.82) is 0 Å². The fourth-order valence-corrected chi connectivity index (χ4v) is 4.40. The number of amides is 1. The largest absolute Gasteiger partial charge is 0.342 e. The highest BCUT2D eigenvalue weighted by atomic mass is 32.2. The van der Waals surface area contributed by atoms with Crippen LogP contribution in [0.25, 0.3) is 16.6 Å². The molecule has 0 saturated carbocycles. The summed E-state index contributed by atoms with van der Waals surface area (Å²) in [5.41, 5.74) is 3.61. The Morgan fingerprint density at radius 2 is 1.82 bits per heavy atom. The molecule has 6 heteroatoms. The van der Waals surface area contributed by atoms with E-state index in [1.807, 2.05) is 55.1 Å². The molecule has 1 fully saturated rings. The second-order valence-electron chi connectivity index (χ2n) is 7.20. The Morgan fingerprint density at radius 3 is 2.57 bits per heavy atom. The summed E-state index contributed by atoms with van der Waals surface area (Å²) in [6, 6.07) is 13.3. The molecule has 2 heterocycles. The first-order valence-electron chi connectivity index (χ1n) is 9.54. The van der Waals surface area contributed by atoms with Gasteiger partial charge in [0.2, 0.25) is 5.91 Å². The van der Waals surface area contributed by atoms with Gasteiger partial charge in [0.15, 0.2) is 5.16 Å². The van der Waals surface area contributed by atoms with Crippen LogP contribution in [0.15, 0.2) is 52.4 Å². The minimum Gasteiger partial charge on any atom is -0.342 e.